The summed E-state index contributed by atoms with van der Waals surface area (Å²) in [5.41, 5.74) is 3.95. The Hall–Kier alpha value is -0.980. The highest BCUT2D eigenvalue weighted by Crippen LogP contribution is 2.10. The molecule has 0 spiro atoms. The molecule has 1 rings (SSSR count). The Morgan fingerprint density at radius 3 is 2.80 bits per heavy atom. The van der Waals surface area contributed by atoms with Crippen LogP contribution in [0.4, 0.5) is 0 Å². The minimum Gasteiger partial charge on any atom is -0.480 e. The van der Waals surface area contributed by atoms with Gasteiger partial charge in [-0.25, -0.2) is 0 Å². The average molecular weight is 216 g/mol. The summed E-state index contributed by atoms with van der Waals surface area (Å²) in [4.78, 5) is 22.3. The largest absolute Gasteiger partial charge is 0.480 e. The smallest absolute Gasteiger partial charge is 0.323 e. The van der Waals surface area contributed by atoms with E-state index in [0.29, 0.717) is 19.7 Å². The lowest BCUT2D eigenvalue weighted by Gasteiger charge is -2.25. The number of rotatable bonds is 4. The van der Waals surface area contributed by atoms with Gasteiger partial charge in [-0.05, 0) is 6.92 Å². The number of hydrogen-bond donors (Lipinski definition) is 3. The first-order valence-corrected chi connectivity index (χ1v) is 4.81. The van der Waals surface area contributed by atoms with Crippen molar-refractivity contribution in [1.82, 2.24) is 5.32 Å². The lowest BCUT2D eigenvalue weighted by Crippen LogP contribution is -2.51. The van der Waals surface area contributed by atoms with E-state index in [-0.39, 0.29) is 12.2 Å². The van der Waals surface area contributed by atoms with Crippen molar-refractivity contribution in [3.8, 4) is 0 Å². The maximum Gasteiger partial charge on any atom is 0.323 e. The molecule has 4 N–H and O–H groups in total. The second kappa shape index (κ2) is 4.69. The summed E-state index contributed by atoms with van der Waals surface area (Å²) in [6, 6.07) is 0. The number of nitrogens with two attached hydrogens (primary N) is 1. The Kier molecular flexibility index (Phi) is 3.78. The van der Waals surface area contributed by atoms with Gasteiger partial charge in [-0.2, -0.15) is 0 Å². The van der Waals surface area contributed by atoms with Crippen molar-refractivity contribution in [2.75, 3.05) is 19.7 Å². The van der Waals surface area contributed by atoms with E-state index in [1.54, 1.807) is 0 Å². The van der Waals surface area contributed by atoms with Gasteiger partial charge >= 0.3 is 5.97 Å². The van der Waals surface area contributed by atoms with Crippen LogP contribution in [0.1, 0.15) is 13.3 Å². The second-order valence-electron chi connectivity index (χ2n) is 3.93. The standard InChI is InChI=1S/C9H16N2O4/c1-9(10,8(13)14)4-6(12)7-5-11-2-3-15-7/h7,11H,2-5,10H2,1H3,(H,13,14). The van der Waals surface area contributed by atoms with Crippen molar-refractivity contribution in [2.45, 2.75) is 25.0 Å². The first-order chi connectivity index (χ1) is 6.93. The summed E-state index contributed by atoms with van der Waals surface area (Å²) < 4.78 is 5.20. The van der Waals surface area contributed by atoms with Crippen molar-refractivity contribution in [2.24, 2.45) is 5.73 Å². The van der Waals surface area contributed by atoms with Gasteiger partial charge in [0.1, 0.15) is 11.6 Å². The fourth-order valence-electron chi connectivity index (χ4n) is 1.32. The molecule has 1 aliphatic heterocycles. The molecule has 2 atom stereocenters. The number of carbonyl (C=O) groups is 2. The van der Waals surface area contributed by atoms with Gasteiger partial charge in [-0.15, -0.1) is 0 Å². The molecule has 0 radical (unpaired) electrons. The van der Waals surface area contributed by atoms with Gasteiger partial charge in [0.2, 0.25) is 0 Å². The maximum absolute atomic E-state index is 11.6. The van der Waals surface area contributed by atoms with Gasteiger partial charge in [-0.1, -0.05) is 0 Å². The molecule has 0 saturated carbocycles. The molecular weight excluding hydrogens is 200 g/mol. The van der Waals surface area contributed by atoms with Gasteiger partial charge in [0.25, 0.3) is 0 Å². The van der Waals surface area contributed by atoms with Crippen LogP contribution in [0.2, 0.25) is 0 Å². The van der Waals surface area contributed by atoms with Gasteiger partial charge in [0, 0.05) is 19.5 Å². The van der Waals surface area contributed by atoms with Crippen molar-refractivity contribution >= 4 is 11.8 Å². The van der Waals surface area contributed by atoms with E-state index in [0.717, 1.165) is 0 Å². The van der Waals surface area contributed by atoms with Crippen LogP contribution in [0.5, 0.6) is 0 Å². The Morgan fingerprint density at radius 2 is 2.33 bits per heavy atom. The number of hydrogen-bond acceptors (Lipinski definition) is 5. The SMILES string of the molecule is CC(N)(CC(=O)C1CNCCO1)C(=O)O. The zero-order valence-corrected chi connectivity index (χ0v) is 8.66. The Balaban J connectivity index is 2.50. The monoisotopic (exact) mass is 216 g/mol. The molecule has 0 aromatic rings. The number of nitrogens with one attached hydrogen (secondary N) is 1. The zero-order valence-electron chi connectivity index (χ0n) is 8.66. The fourth-order valence-corrected chi connectivity index (χ4v) is 1.32. The molecule has 6 nitrogen and oxygen atoms in total. The van der Waals surface area contributed by atoms with Crippen LogP contribution in [0.25, 0.3) is 0 Å². The molecule has 2 unspecified atom stereocenters. The van der Waals surface area contributed by atoms with Crippen molar-refractivity contribution < 1.29 is 19.4 Å². The predicted molar refractivity (Wildman–Crippen MR) is 52.5 cm³/mol. The van der Waals surface area contributed by atoms with Crippen molar-refractivity contribution in [1.29, 1.82) is 0 Å². The van der Waals surface area contributed by atoms with Crippen LogP contribution >= 0.6 is 0 Å². The van der Waals surface area contributed by atoms with Crippen LogP contribution in [-0.4, -0.2) is 48.2 Å². The third-order valence-electron chi connectivity index (χ3n) is 2.32. The fraction of sp³-hybridized carbons (Fsp3) is 0.778. The Bertz CT molecular complexity index is 259. The topological polar surface area (TPSA) is 102 Å². The van der Waals surface area contributed by atoms with Crippen molar-refractivity contribution in [3.63, 3.8) is 0 Å². The number of ketones is 1. The number of carboxylic acid groups (broad SMARTS) is 1. The molecule has 0 aliphatic carbocycles. The van der Waals surface area contributed by atoms with E-state index in [2.05, 4.69) is 5.32 Å². The maximum atomic E-state index is 11.6. The molecule has 1 heterocycles. The lowest BCUT2D eigenvalue weighted by atomic mass is 9.94. The lowest BCUT2D eigenvalue weighted by molar-refractivity contribution is -0.146. The third kappa shape index (κ3) is 3.26. The van der Waals surface area contributed by atoms with Crippen LogP contribution in [0, 0.1) is 0 Å². The Morgan fingerprint density at radius 1 is 1.67 bits per heavy atom. The molecule has 86 valence electrons. The van der Waals surface area contributed by atoms with E-state index in [9.17, 15) is 9.59 Å². The summed E-state index contributed by atoms with van der Waals surface area (Å²) >= 11 is 0. The molecule has 0 aromatic carbocycles. The summed E-state index contributed by atoms with van der Waals surface area (Å²) in [5, 5.41) is 11.8. The number of morpholine rings is 1. The van der Waals surface area contributed by atoms with E-state index >= 15 is 0 Å². The molecule has 1 fully saturated rings. The van der Waals surface area contributed by atoms with E-state index in [1.165, 1.54) is 6.92 Å². The molecule has 1 saturated heterocycles. The number of aliphatic carboxylic acids is 1. The molecule has 6 heteroatoms. The van der Waals surface area contributed by atoms with Crippen LogP contribution in [-0.2, 0) is 14.3 Å². The Labute approximate surface area is 87.8 Å². The number of carbonyl (C=O) groups excluding carboxylic acids is 1. The average Bonchev–Trinajstić information content (AvgIpc) is 2.18. The van der Waals surface area contributed by atoms with Gasteiger partial charge in [-0.3, -0.25) is 9.59 Å². The first-order valence-electron chi connectivity index (χ1n) is 4.81. The van der Waals surface area contributed by atoms with Gasteiger partial charge in [0.15, 0.2) is 5.78 Å². The predicted octanol–water partition coefficient (Wildman–Crippen LogP) is -1.26. The van der Waals surface area contributed by atoms with E-state index in [4.69, 9.17) is 15.6 Å². The zero-order chi connectivity index (χ0) is 11.5. The van der Waals surface area contributed by atoms with E-state index in [1.807, 2.05) is 0 Å². The quantitative estimate of drug-likeness (QED) is 0.542. The minimum absolute atomic E-state index is 0.214. The highest BCUT2D eigenvalue weighted by Gasteiger charge is 2.34. The van der Waals surface area contributed by atoms with E-state index < -0.39 is 17.6 Å². The highest BCUT2D eigenvalue weighted by molar-refractivity contribution is 5.91. The first kappa shape index (κ1) is 12.1. The number of ether oxygens (including phenoxy) is 1. The molecular formula is C9H16N2O4. The summed E-state index contributed by atoms with van der Waals surface area (Å²) in [7, 11) is 0. The normalized spacial score (nSPS) is 25.6. The summed E-state index contributed by atoms with van der Waals surface area (Å²) in [5.74, 6) is -1.45. The van der Waals surface area contributed by atoms with Crippen LogP contribution < -0.4 is 11.1 Å². The van der Waals surface area contributed by atoms with Gasteiger partial charge < -0.3 is 20.9 Å². The highest BCUT2D eigenvalue weighted by atomic mass is 16.5. The molecule has 0 amide bonds. The third-order valence-corrected chi connectivity index (χ3v) is 2.32. The molecule has 1 aliphatic rings. The molecule has 15 heavy (non-hydrogen) atoms. The summed E-state index contributed by atoms with van der Waals surface area (Å²) in [6.07, 6.45) is -0.782. The van der Waals surface area contributed by atoms with Crippen LogP contribution in [0.3, 0.4) is 0 Å². The van der Waals surface area contributed by atoms with Gasteiger partial charge in [0.05, 0.1) is 6.61 Å². The second-order valence-corrected chi connectivity index (χ2v) is 3.93. The molecule has 0 bridgehead atoms. The number of Topliss-reactive ketones (excluding diaryl/α,β-unsaturated/α-hetero) is 1. The summed E-state index contributed by atoms with van der Waals surface area (Å²) in [6.45, 7) is 2.92. The van der Waals surface area contributed by atoms with Crippen LogP contribution in [0.15, 0.2) is 0 Å². The molecule has 0 aromatic heterocycles. The minimum atomic E-state index is -1.52. The number of carboxylic acids is 1. The van der Waals surface area contributed by atoms with Crippen molar-refractivity contribution in [3.05, 3.63) is 0 Å².